The van der Waals surface area contributed by atoms with Crippen molar-refractivity contribution in [3.8, 4) is 0 Å². The summed E-state index contributed by atoms with van der Waals surface area (Å²) < 4.78 is 36.5. The molecule has 5 heteroatoms. The Labute approximate surface area is 73.0 Å². The fourth-order valence-electron chi connectivity index (χ4n) is 0.787. The molecule has 0 aromatic carbocycles. The van der Waals surface area contributed by atoms with E-state index >= 15 is 0 Å². The minimum absolute atomic E-state index is 0.106. The molecule has 0 bridgehead atoms. The van der Waals surface area contributed by atoms with Gasteiger partial charge in [-0.3, -0.25) is 4.98 Å². The van der Waals surface area contributed by atoms with Crippen molar-refractivity contribution in [2.45, 2.75) is 18.0 Å². The molecule has 0 aliphatic heterocycles. The highest BCUT2D eigenvalue weighted by atomic mass is 32.1. The topological polar surface area (TPSA) is 12.9 Å². The monoisotopic (exact) mass is 193 g/mol. The van der Waals surface area contributed by atoms with Crippen molar-refractivity contribution in [3.63, 3.8) is 0 Å². The van der Waals surface area contributed by atoms with Crippen LogP contribution in [-0.4, -0.2) is 4.98 Å². The molecule has 0 fully saturated rings. The van der Waals surface area contributed by atoms with Crippen molar-refractivity contribution >= 4 is 12.6 Å². The lowest BCUT2D eigenvalue weighted by molar-refractivity contribution is -0.139. The maximum atomic E-state index is 12.2. The molecule has 0 atom stereocenters. The van der Waals surface area contributed by atoms with Crippen LogP contribution in [0.15, 0.2) is 17.2 Å². The third kappa shape index (κ3) is 1.72. The van der Waals surface area contributed by atoms with Gasteiger partial charge in [0.25, 0.3) is 0 Å². The Bertz CT molecular complexity index is 295. The van der Waals surface area contributed by atoms with E-state index in [1.807, 2.05) is 0 Å². The molecule has 1 heterocycles. The van der Waals surface area contributed by atoms with Crippen molar-refractivity contribution in [1.82, 2.24) is 4.98 Å². The van der Waals surface area contributed by atoms with Crippen molar-refractivity contribution in [2.75, 3.05) is 0 Å². The van der Waals surface area contributed by atoms with Gasteiger partial charge < -0.3 is 0 Å². The third-order valence-corrected chi connectivity index (χ3v) is 1.98. The van der Waals surface area contributed by atoms with Gasteiger partial charge in [0, 0.05) is 11.1 Å². The second-order valence-electron chi connectivity index (χ2n) is 2.29. The van der Waals surface area contributed by atoms with Crippen molar-refractivity contribution in [1.29, 1.82) is 0 Å². The lowest BCUT2D eigenvalue weighted by atomic mass is 10.2. The first kappa shape index (κ1) is 9.38. The largest absolute Gasteiger partial charge is 0.417 e. The van der Waals surface area contributed by atoms with Gasteiger partial charge in [-0.2, -0.15) is 13.2 Å². The number of nitrogens with zero attached hydrogens (tertiary/aromatic N) is 1. The van der Waals surface area contributed by atoms with Crippen LogP contribution in [0.2, 0.25) is 0 Å². The zero-order valence-electron chi connectivity index (χ0n) is 6.18. The molecule has 66 valence electrons. The average Bonchev–Trinajstić information content (AvgIpc) is 1.92. The Morgan fingerprint density at radius 1 is 1.42 bits per heavy atom. The molecule has 0 N–H and O–H groups in total. The first-order chi connectivity index (χ1) is 5.43. The number of aromatic nitrogens is 1. The maximum Gasteiger partial charge on any atom is 0.417 e. The number of pyridine rings is 1. The molecule has 1 aromatic heterocycles. The number of halogens is 3. The summed E-state index contributed by atoms with van der Waals surface area (Å²) in [5.41, 5.74) is -0.452. The molecule has 1 rings (SSSR count). The summed E-state index contributed by atoms with van der Waals surface area (Å²) in [6.45, 7) is 1.48. The van der Waals surface area contributed by atoms with Crippen LogP contribution in [0.25, 0.3) is 0 Å². The molecule has 0 aliphatic carbocycles. The van der Waals surface area contributed by atoms with Crippen LogP contribution in [0.3, 0.4) is 0 Å². The summed E-state index contributed by atoms with van der Waals surface area (Å²) in [5, 5.41) is 0. The average molecular weight is 193 g/mol. The lowest BCUT2D eigenvalue weighted by Gasteiger charge is -2.09. The minimum Gasteiger partial charge on any atom is -0.260 e. The molecule has 12 heavy (non-hydrogen) atoms. The van der Waals surface area contributed by atoms with E-state index in [1.54, 1.807) is 0 Å². The van der Waals surface area contributed by atoms with Gasteiger partial charge in [-0.1, -0.05) is 0 Å². The fraction of sp³-hybridized carbons (Fsp3) is 0.286. The van der Waals surface area contributed by atoms with E-state index in [4.69, 9.17) is 0 Å². The first-order valence-corrected chi connectivity index (χ1v) is 3.59. The quantitative estimate of drug-likeness (QED) is 0.625. The minimum atomic E-state index is -4.34. The summed E-state index contributed by atoms with van der Waals surface area (Å²) in [7, 11) is 0. The second kappa shape index (κ2) is 2.97. The summed E-state index contributed by atoms with van der Waals surface area (Å²) >= 11 is 3.72. The van der Waals surface area contributed by atoms with E-state index in [0.717, 1.165) is 12.3 Å². The van der Waals surface area contributed by atoms with E-state index in [-0.39, 0.29) is 10.6 Å². The van der Waals surface area contributed by atoms with Gasteiger partial charge in [0.1, 0.15) is 0 Å². The Morgan fingerprint density at radius 2 is 2.00 bits per heavy atom. The molecular weight excluding hydrogens is 187 g/mol. The summed E-state index contributed by atoms with van der Waals surface area (Å²) in [6.07, 6.45) is -3.22. The van der Waals surface area contributed by atoms with Crippen LogP contribution in [0.1, 0.15) is 11.3 Å². The van der Waals surface area contributed by atoms with Crippen molar-refractivity contribution in [2.24, 2.45) is 0 Å². The molecule has 0 saturated carbocycles. The Hall–Kier alpha value is -0.710. The smallest absolute Gasteiger partial charge is 0.260 e. The number of hydrogen-bond donors (Lipinski definition) is 1. The van der Waals surface area contributed by atoms with Gasteiger partial charge in [0.2, 0.25) is 0 Å². The van der Waals surface area contributed by atoms with Crippen molar-refractivity contribution in [3.05, 3.63) is 23.5 Å². The van der Waals surface area contributed by atoms with Gasteiger partial charge >= 0.3 is 6.18 Å². The van der Waals surface area contributed by atoms with Gasteiger partial charge in [-0.05, 0) is 13.0 Å². The van der Waals surface area contributed by atoms with Crippen LogP contribution >= 0.6 is 12.6 Å². The Morgan fingerprint density at radius 3 is 2.42 bits per heavy atom. The SMILES string of the molecule is Cc1nccc(C(F)(F)F)c1S. The standard InChI is InChI=1S/C7H6F3NS/c1-4-6(12)5(2-3-11-4)7(8,9)10/h2-3,12H,1H3. The van der Waals surface area contributed by atoms with Crippen LogP contribution in [-0.2, 0) is 6.18 Å². The molecular formula is C7H6F3NS. The van der Waals surface area contributed by atoms with E-state index in [2.05, 4.69) is 17.6 Å². The van der Waals surface area contributed by atoms with Crippen LogP contribution in [0.4, 0.5) is 13.2 Å². The Kier molecular flexibility index (Phi) is 2.32. The zero-order chi connectivity index (χ0) is 9.35. The van der Waals surface area contributed by atoms with Gasteiger partial charge in [0.15, 0.2) is 0 Å². The summed E-state index contributed by atoms with van der Waals surface area (Å²) in [6, 6.07) is 0.912. The molecule has 0 unspecified atom stereocenters. The van der Waals surface area contributed by atoms with E-state index in [9.17, 15) is 13.2 Å². The van der Waals surface area contributed by atoms with Gasteiger partial charge in [-0.15, -0.1) is 12.6 Å². The number of alkyl halides is 3. The van der Waals surface area contributed by atoms with E-state index in [1.165, 1.54) is 6.92 Å². The molecule has 1 nitrogen and oxygen atoms in total. The summed E-state index contributed by atoms with van der Waals surface area (Å²) in [4.78, 5) is 3.57. The molecule has 0 aliphatic rings. The van der Waals surface area contributed by atoms with Crippen LogP contribution in [0, 0.1) is 6.92 Å². The molecule has 1 aromatic rings. The zero-order valence-corrected chi connectivity index (χ0v) is 7.08. The lowest BCUT2D eigenvalue weighted by Crippen LogP contribution is -2.07. The number of rotatable bonds is 0. The van der Waals surface area contributed by atoms with E-state index in [0.29, 0.717) is 0 Å². The fourth-order valence-corrected chi connectivity index (χ4v) is 1.05. The highest BCUT2D eigenvalue weighted by Gasteiger charge is 2.33. The second-order valence-corrected chi connectivity index (χ2v) is 2.74. The highest BCUT2D eigenvalue weighted by Crippen LogP contribution is 2.34. The highest BCUT2D eigenvalue weighted by molar-refractivity contribution is 7.80. The summed E-state index contributed by atoms with van der Waals surface area (Å²) in [5.74, 6) is 0. The molecule has 0 spiro atoms. The van der Waals surface area contributed by atoms with Gasteiger partial charge in [-0.25, -0.2) is 0 Å². The van der Waals surface area contributed by atoms with Crippen LogP contribution in [0.5, 0.6) is 0 Å². The normalized spacial score (nSPS) is 11.8. The molecule has 0 saturated heterocycles. The van der Waals surface area contributed by atoms with E-state index < -0.39 is 11.7 Å². The van der Waals surface area contributed by atoms with Crippen molar-refractivity contribution < 1.29 is 13.2 Å². The molecule has 0 amide bonds. The number of aryl methyl sites for hydroxylation is 1. The predicted molar refractivity (Wildman–Crippen MR) is 41.2 cm³/mol. The first-order valence-electron chi connectivity index (χ1n) is 3.14. The Balaban J connectivity index is 3.26. The molecule has 0 radical (unpaired) electrons. The number of thiol groups is 1. The maximum absolute atomic E-state index is 12.2. The van der Waals surface area contributed by atoms with Crippen LogP contribution < -0.4 is 0 Å². The predicted octanol–water partition coefficient (Wildman–Crippen LogP) is 2.70. The van der Waals surface area contributed by atoms with Gasteiger partial charge in [0.05, 0.1) is 11.3 Å². The third-order valence-electron chi connectivity index (χ3n) is 1.41. The number of hydrogen-bond acceptors (Lipinski definition) is 2.